The Hall–Kier alpha value is -1.63. The second-order valence-electron chi connectivity index (χ2n) is 5.29. The Morgan fingerprint density at radius 3 is 2.59 bits per heavy atom. The molecule has 5 nitrogen and oxygen atoms in total. The molecular formula is C16H19F4IN4OS. The van der Waals surface area contributed by atoms with Gasteiger partial charge in [-0.25, -0.2) is 9.37 Å². The number of alkyl halides is 3. The van der Waals surface area contributed by atoms with E-state index in [0.29, 0.717) is 12.5 Å². The zero-order chi connectivity index (χ0) is 19.2. The molecule has 1 unspecified atom stereocenters. The van der Waals surface area contributed by atoms with Crippen LogP contribution in [0.4, 0.5) is 17.6 Å². The molecule has 0 saturated heterocycles. The standard InChI is InChI=1S/C16H18F4N4OS.HI/c1-10(25-12-6-4-3-5-11(12)17)7-22-15(21-2)23-8-14-24-13(9-26-14)16(18,19)20;/h3-6,9-10H,7-8H2,1-2H3,(H2,21,22,23);1H. The van der Waals surface area contributed by atoms with Gasteiger partial charge < -0.3 is 15.4 Å². The summed E-state index contributed by atoms with van der Waals surface area (Å²) in [7, 11) is 1.53. The van der Waals surface area contributed by atoms with Gasteiger partial charge in [0, 0.05) is 12.4 Å². The van der Waals surface area contributed by atoms with E-state index < -0.39 is 17.7 Å². The van der Waals surface area contributed by atoms with Crippen LogP contribution < -0.4 is 15.4 Å². The first-order valence-corrected chi connectivity index (χ1v) is 8.55. The molecule has 0 fully saturated rings. The number of guanidine groups is 1. The van der Waals surface area contributed by atoms with Gasteiger partial charge in [-0.15, -0.1) is 35.3 Å². The maximum absolute atomic E-state index is 13.5. The third kappa shape index (κ3) is 7.48. The Labute approximate surface area is 175 Å². The molecule has 0 radical (unpaired) electrons. The lowest BCUT2D eigenvalue weighted by molar-refractivity contribution is -0.140. The molecule has 2 rings (SSSR count). The molecular weight excluding hydrogens is 499 g/mol. The van der Waals surface area contributed by atoms with E-state index >= 15 is 0 Å². The van der Waals surface area contributed by atoms with Crippen molar-refractivity contribution < 1.29 is 22.3 Å². The van der Waals surface area contributed by atoms with Crippen LogP contribution in [0, 0.1) is 5.82 Å². The van der Waals surface area contributed by atoms with E-state index in [4.69, 9.17) is 4.74 Å². The van der Waals surface area contributed by atoms with Crippen LogP contribution in [0.5, 0.6) is 5.75 Å². The second-order valence-corrected chi connectivity index (χ2v) is 6.23. The molecule has 150 valence electrons. The summed E-state index contributed by atoms with van der Waals surface area (Å²) in [4.78, 5) is 7.51. The van der Waals surface area contributed by atoms with Crippen LogP contribution in [0.15, 0.2) is 34.6 Å². The fourth-order valence-corrected chi connectivity index (χ4v) is 2.68. The Morgan fingerprint density at radius 2 is 2.00 bits per heavy atom. The molecule has 1 aromatic heterocycles. The second kappa shape index (κ2) is 10.6. The first-order chi connectivity index (χ1) is 12.3. The summed E-state index contributed by atoms with van der Waals surface area (Å²) in [6, 6.07) is 6.07. The molecule has 0 saturated carbocycles. The highest BCUT2D eigenvalue weighted by Gasteiger charge is 2.33. The molecule has 0 aliphatic carbocycles. The lowest BCUT2D eigenvalue weighted by Gasteiger charge is -2.17. The number of hydrogen-bond donors (Lipinski definition) is 2. The molecule has 0 aliphatic heterocycles. The molecule has 11 heteroatoms. The normalized spacial score (nSPS) is 12.9. The zero-order valence-corrected chi connectivity index (χ0v) is 17.7. The molecule has 0 spiro atoms. The van der Waals surface area contributed by atoms with Gasteiger partial charge in [-0.05, 0) is 19.1 Å². The number of para-hydroxylation sites is 1. The largest absolute Gasteiger partial charge is 0.486 e. The number of aromatic nitrogens is 1. The lowest BCUT2D eigenvalue weighted by Crippen LogP contribution is -2.41. The van der Waals surface area contributed by atoms with Gasteiger partial charge >= 0.3 is 6.18 Å². The van der Waals surface area contributed by atoms with Crippen LogP contribution in [0.25, 0.3) is 0 Å². The summed E-state index contributed by atoms with van der Waals surface area (Å²) >= 11 is 0.914. The van der Waals surface area contributed by atoms with Gasteiger partial charge in [-0.2, -0.15) is 13.2 Å². The maximum Gasteiger partial charge on any atom is 0.434 e. The van der Waals surface area contributed by atoms with Crippen molar-refractivity contribution in [2.24, 2.45) is 4.99 Å². The van der Waals surface area contributed by atoms with Crippen molar-refractivity contribution in [3.05, 3.63) is 46.2 Å². The predicted octanol–water partition coefficient (Wildman–Crippen LogP) is 4.05. The minimum absolute atomic E-state index is 0. The Morgan fingerprint density at radius 1 is 1.30 bits per heavy atom. The molecule has 1 aromatic carbocycles. The summed E-state index contributed by atoms with van der Waals surface area (Å²) in [5.74, 6) is 0.0658. The van der Waals surface area contributed by atoms with E-state index in [0.717, 1.165) is 16.7 Å². The van der Waals surface area contributed by atoms with Gasteiger partial charge in [0.1, 0.15) is 11.1 Å². The summed E-state index contributed by atoms with van der Waals surface area (Å²) in [6.07, 6.45) is -4.81. The number of halogens is 5. The van der Waals surface area contributed by atoms with E-state index in [1.165, 1.54) is 19.2 Å². The quantitative estimate of drug-likeness (QED) is 0.262. The van der Waals surface area contributed by atoms with Crippen LogP contribution in [0.3, 0.4) is 0 Å². The number of thiazole rings is 1. The van der Waals surface area contributed by atoms with E-state index in [-0.39, 0.29) is 47.4 Å². The number of ether oxygens (including phenoxy) is 1. The predicted molar refractivity (Wildman–Crippen MR) is 107 cm³/mol. The third-order valence-corrected chi connectivity index (χ3v) is 4.04. The molecule has 1 heterocycles. The van der Waals surface area contributed by atoms with Crippen molar-refractivity contribution in [2.75, 3.05) is 13.6 Å². The highest BCUT2D eigenvalue weighted by molar-refractivity contribution is 14.0. The minimum atomic E-state index is -4.45. The van der Waals surface area contributed by atoms with E-state index in [9.17, 15) is 17.6 Å². The maximum atomic E-state index is 13.5. The Kier molecular flexibility index (Phi) is 9.22. The van der Waals surface area contributed by atoms with Crippen molar-refractivity contribution in [1.29, 1.82) is 0 Å². The summed E-state index contributed by atoms with van der Waals surface area (Å²) in [5.41, 5.74) is -0.908. The number of aliphatic imine (C=N–C) groups is 1. The van der Waals surface area contributed by atoms with Crippen LogP contribution in [0.1, 0.15) is 17.6 Å². The average molecular weight is 518 g/mol. The van der Waals surface area contributed by atoms with Gasteiger partial charge in [0.15, 0.2) is 23.2 Å². The molecule has 27 heavy (non-hydrogen) atoms. The number of nitrogens with one attached hydrogen (secondary N) is 2. The van der Waals surface area contributed by atoms with E-state index in [1.807, 2.05) is 0 Å². The minimum Gasteiger partial charge on any atom is -0.486 e. The van der Waals surface area contributed by atoms with Crippen LogP contribution in [0.2, 0.25) is 0 Å². The van der Waals surface area contributed by atoms with Crippen molar-refractivity contribution >= 4 is 41.3 Å². The first kappa shape index (κ1) is 23.4. The fraction of sp³-hybridized carbons (Fsp3) is 0.375. The first-order valence-electron chi connectivity index (χ1n) is 7.67. The Bertz CT molecular complexity index is 754. The third-order valence-electron chi connectivity index (χ3n) is 3.19. The summed E-state index contributed by atoms with van der Waals surface area (Å²) in [6.45, 7) is 2.17. The van der Waals surface area contributed by atoms with E-state index in [2.05, 4.69) is 20.6 Å². The van der Waals surface area contributed by atoms with Gasteiger partial charge in [0.05, 0.1) is 13.1 Å². The smallest absolute Gasteiger partial charge is 0.434 e. The van der Waals surface area contributed by atoms with Gasteiger partial charge in [0.2, 0.25) is 0 Å². The topological polar surface area (TPSA) is 58.5 Å². The highest BCUT2D eigenvalue weighted by Crippen LogP contribution is 2.29. The fourth-order valence-electron chi connectivity index (χ4n) is 1.94. The van der Waals surface area contributed by atoms with Crippen LogP contribution in [-0.4, -0.2) is 30.6 Å². The highest BCUT2D eigenvalue weighted by atomic mass is 127. The summed E-state index contributed by atoms with van der Waals surface area (Å²) < 4.78 is 56.6. The van der Waals surface area contributed by atoms with E-state index in [1.54, 1.807) is 19.1 Å². The molecule has 2 aromatic rings. The van der Waals surface area contributed by atoms with Gasteiger partial charge in [-0.1, -0.05) is 12.1 Å². The van der Waals surface area contributed by atoms with Crippen molar-refractivity contribution in [1.82, 2.24) is 15.6 Å². The number of benzene rings is 1. The van der Waals surface area contributed by atoms with Gasteiger partial charge in [0.25, 0.3) is 0 Å². The molecule has 2 N–H and O–H groups in total. The Balaban J connectivity index is 0.00000364. The number of rotatable bonds is 6. The van der Waals surface area contributed by atoms with Crippen molar-refractivity contribution in [2.45, 2.75) is 25.7 Å². The summed E-state index contributed by atoms with van der Waals surface area (Å²) in [5, 5.41) is 7.09. The van der Waals surface area contributed by atoms with Crippen molar-refractivity contribution in [3.63, 3.8) is 0 Å². The molecule has 0 amide bonds. The number of nitrogens with zero attached hydrogens (tertiary/aromatic N) is 2. The molecule has 0 bridgehead atoms. The molecule has 1 atom stereocenters. The van der Waals surface area contributed by atoms with Crippen LogP contribution in [-0.2, 0) is 12.7 Å². The van der Waals surface area contributed by atoms with Crippen LogP contribution >= 0.6 is 35.3 Å². The lowest BCUT2D eigenvalue weighted by atomic mass is 10.3. The van der Waals surface area contributed by atoms with Crippen molar-refractivity contribution in [3.8, 4) is 5.75 Å². The zero-order valence-electron chi connectivity index (χ0n) is 14.5. The molecule has 0 aliphatic rings. The SMILES string of the molecule is CN=C(NCc1nc(C(F)(F)F)cs1)NCC(C)Oc1ccccc1F.I. The average Bonchev–Trinajstić information content (AvgIpc) is 3.06. The number of hydrogen-bond acceptors (Lipinski definition) is 4. The van der Waals surface area contributed by atoms with Gasteiger partial charge in [-0.3, -0.25) is 4.99 Å². The monoisotopic (exact) mass is 518 g/mol.